The van der Waals surface area contributed by atoms with Gasteiger partial charge in [0, 0.05) is 13.0 Å². The van der Waals surface area contributed by atoms with E-state index < -0.39 is 15.3 Å². The fourth-order valence-electron chi connectivity index (χ4n) is 1.91. The number of nitrogens with one attached hydrogen (secondary N) is 1. The molecule has 0 aliphatic rings. The molecule has 0 saturated carbocycles. The van der Waals surface area contributed by atoms with Crippen molar-refractivity contribution in [3.05, 3.63) is 35.9 Å². The molecule has 0 fully saturated rings. The minimum atomic E-state index is -3.42. The summed E-state index contributed by atoms with van der Waals surface area (Å²) in [5.41, 5.74) is 0.806. The standard InChI is InChI=1S/C14H20N2O2S/c1-2-3-10-14(13-8-5-4-6-9-13)19(17,18)16-12-7-11-15/h4-6,8-9,14,16H,2-3,7,10,12H2,1H3. The van der Waals surface area contributed by atoms with Crippen LogP contribution >= 0.6 is 0 Å². The molecule has 1 aromatic rings. The van der Waals surface area contributed by atoms with Gasteiger partial charge in [-0.2, -0.15) is 5.26 Å². The molecular weight excluding hydrogens is 260 g/mol. The van der Waals surface area contributed by atoms with Gasteiger partial charge in [-0.15, -0.1) is 0 Å². The molecule has 0 heterocycles. The zero-order valence-corrected chi connectivity index (χ0v) is 12.0. The molecule has 1 rings (SSSR count). The Balaban J connectivity index is 2.88. The van der Waals surface area contributed by atoms with Crippen LogP contribution in [0.2, 0.25) is 0 Å². The summed E-state index contributed by atoms with van der Waals surface area (Å²) < 4.78 is 27.1. The van der Waals surface area contributed by atoms with E-state index in [2.05, 4.69) is 4.72 Å². The molecule has 1 unspecified atom stereocenters. The zero-order chi connectivity index (χ0) is 14.1. The number of rotatable bonds is 8. The molecule has 0 aliphatic carbocycles. The molecule has 4 nitrogen and oxygen atoms in total. The normalized spacial score (nSPS) is 12.8. The second kappa shape index (κ2) is 7.93. The highest BCUT2D eigenvalue weighted by molar-refractivity contribution is 7.89. The molecule has 0 amide bonds. The lowest BCUT2D eigenvalue weighted by atomic mass is 10.1. The molecule has 0 radical (unpaired) electrons. The highest BCUT2D eigenvalue weighted by Crippen LogP contribution is 2.27. The molecule has 0 aromatic heterocycles. The Bertz CT molecular complexity index is 506. The van der Waals surface area contributed by atoms with E-state index in [0.29, 0.717) is 6.42 Å². The Morgan fingerprint density at radius 3 is 2.58 bits per heavy atom. The average Bonchev–Trinajstić information content (AvgIpc) is 2.40. The topological polar surface area (TPSA) is 70.0 Å². The number of hydrogen-bond acceptors (Lipinski definition) is 3. The van der Waals surface area contributed by atoms with Gasteiger partial charge in [0.2, 0.25) is 10.0 Å². The van der Waals surface area contributed by atoms with Crippen molar-refractivity contribution < 1.29 is 8.42 Å². The largest absolute Gasteiger partial charge is 0.218 e. The first-order valence-corrected chi connectivity index (χ1v) is 8.06. The molecule has 1 N–H and O–H groups in total. The van der Waals surface area contributed by atoms with Crippen molar-refractivity contribution in [3.8, 4) is 6.07 Å². The Morgan fingerprint density at radius 1 is 1.32 bits per heavy atom. The molecule has 5 heteroatoms. The Hall–Kier alpha value is -1.38. The first kappa shape index (κ1) is 15.7. The van der Waals surface area contributed by atoms with E-state index in [0.717, 1.165) is 18.4 Å². The maximum atomic E-state index is 12.3. The first-order valence-electron chi connectivity index (χ1n) is 6.52. The maximum absolute atomic E-state index is 12.3. The van der Waals surface area contributed by atoms with Crippen LogP contribution in [0.25, 0.3) is 0 Å². The van der Waals surface area contributed by atoms with Gasteiger partial charge in [-0.05, 0) is 12.0 Å². The second-order valence-corrected chi connectivity index (χ2v) is 6.34. The van der Waals surface area contributed by atoms with Gasteiger partial charge in [0.1, 0.15) is 5.25 Å². The SMILES string of the molecule is CCCCC(c1ccccc1)S(=O)(=O)NCCC#N. The molecule has 0 bridgehead atoms. The molecule has 1 aromatic carbocycles. The van der Waals surface area contributed by atoms with Crippen LogP contribution in [0.3, 0.4) is 0 Å². The van der Waals surface area contributed by atoms with Gasteiger partial charge in [-0.1, -0.05) is 50.1 Å². The highest BCUT2D eigenvalue weighted by atomic mass is 32.2. The molecule has 19 heavy (non-hydrogen) atoms. The molecule has 0 spiro atoms. The third-order valence-corrected chi connectivity index (χ3v) is 4.77. The second-order valence-electron chi connectivity index (χ2n) is 4.39. The lowest BCUT2D eigenvalue weighted by Gasteiger charge is -2.18. The summed E-state index contributed by atoms with van der Waals surface area (Å²) in [6.07, 6.45) is 2.60. The monoisotopic (exact) mass is 280 g/mol. The summed E-state index contributed by atoms with van der Waals surface area (Å²) in [4.78, 5) is 0. The van der Waals surface area contributed by atoms with Crippen molar-refractivity contribution in [1.29, 1.82) is 5.26 Å². The van der Waals surface area contributed by atoms with Gasteiger partial charge >= 0.3 is 0 Å². The van der Waals surface area contributed by atoms with Crippen molar-refractivity contribution in [2.75, 3.05) is 6.54 Å². The lowest BCUT2D eigenvalue weighted by Crippen LogP contribution is -2.30. The number of unbranched alkanes of at least 4 members (excludes halogenated alkanes) is 1. The predicted molar refractivity (Wildman–Crippen MR) is 75.9 cm³/mol. The van der Waals surface area contributed by atoms with Gasteiger partial charge < -0.3 is 0 Å². The van der Waals surface area contributed by atoms with Crippen molar-refractivity contribution >= 4 is 10.0 Å². The Kier molecular flexibility index (Phi) is 6.54. The number of hydrogen-bond donors (Lipinski definition) is 1. The third-order valence-electron chi connectivity index (χ3n) is 2.91. The van der Waals surface area contributed by atoms with E-state index in [4.69, 9.17) is 5.26 Å². The average molecular weight is 280 g/mol. The van der Waals surface area contributed by atoms with Crippen molar-refractivity contribution in [1.82, 2.24) is 4.72 Å². The van der Waals surface area contributed by atoms with Crippen molar-refractivity contribution in [3.63, 3.8) is 0 Å². The number of nitriles is 1. The van der Waals surface area contributed by atoms with E-state index in [-0.39, 0.29) is 13.0 Å². The van der Waals surface area contributed by atoms with Gasteiger partial charge in [0.05, 0.1) is 6.07 Å². The van der Waals surface area contributed by atoms with E-state index in [9.17, 15) is 8.42 Å². The van der Waals surface area contributed by atoms with Gasteiger partial charge in [-0.25, -0.2) is 13.1 Å². The van der Waals surface area contributed by atoms with Crippen LogP contribution < -0.4 is 4.72 Å². The van der Waals surface area contributed by atoms with Crippen LogP contribution in [0.15, 0.2) is 30.3 Å². The van der Waals surface area contributed by atoms with E-state index in [1.54, 1.807) is 0 Å². The number of nitrogens with zero attached hydrogens (tertiary/aromatic N) is 1. The van der Waals surface area contributed by atoms with Crippen LogP contribution in [-0.2, 0) is 10.0 Å². The Labute approximate surface area is 115 Å². The zero-order valence-electron chi connectivity index (χ0n) is 11.2. The fraction of sp³-hybridized carbons (Fsp3) is 0.500. The fourth-order valence-corrected chi connectivity index (χ4v) is 3.49. The molecule has 0 aliphatic heterocycles. The van der Waals surface area contributed by atoms with Crippen molar-refractivity contribution in [2.24, 2.45) is 0 Å². The van der Waals surface area contributed by atoms with Crippen LogP contribution in [0, 0.1) is 11.3 Å². The lowest BCUT2D eigenvalue weighted by molar-refractivity contribution is 0.555. The summed E-state index contributed by atoms with van der Waals surface area (Å²) in [6, 6.07) is 11.2. The minimum absolute atomic E-state index is 0.175. The molecule has 104 valence electrons. The van der Waals surface area contributed by atoms with Gasteiger partial charge in [0.25, 0.3) is 0 Å². The summed E-state index contributed by atoms with van der Waals surface area (Å²) in [6.45, 7) is 2.21. The summed E-state index contributed by atoms with van der Waals surface area (Å²) in [5.74, 6) is 0. The predicted octanol–water partition coefficient (Wildman–Crippen LogP) is 2.75. The smallest absolute Gasteiger partial charge is 0.214 e. The third kappa shape index (κ3) is 5.01. The van der Waals surface area contributed by atoms with E-state index in [1.807, 2.05) is 43.3 Å². The summed E-state index contributed by atoms with van der Waals surface area (Å²) >= 11 is 0. The van der Waals surface area contributed by atoms with Crippen LogP contribution in [-0.4, -0.2) is 15.0 Å². The van der Waals surface area contributed by atoms with Crippen LogP contribution in [0.5, 0.6) is 0 Å². The van der Waals surface area contributed by atoms with Crippen molar-refractivity contribution in [2.45, 2.75) is 37.9 Å². The number of sulfonamides is 1. The quantitative estimate of drug-likeness (QED) is 0.744. The van der Waals surface area contributed by atoms with Crippen LogP contribution in [0.4, 0.5) is 0 Å². The Morgan fingerprint density at radius 2 is 2.00 bits per heavy atom. The van der Waals surface area contributed by atoms with E-state index in [1.165, 1.54) is 0 Å². The summed E-state index contributed by atoms with van der Waals surface area (Å²) in [5, 5.41) is 7.94. The van der Waals surface area contributed by atoms with Crippen LogP contribution in [0.1, 0.15) is 43.4 Å². The van der Waals surface area contributed by atoms with E-state index >= 15 is 0 Å². The van der Waals surface area contributed by atoms with Gasteiger partial charge in [-0.3, -0.25) is 0 Å². The summed E-state index contributed by atoms with van der Waals surface area (Å²) in [7, 11) is -3.42. The highest BCUT2D eigenvalue weighted by Gasteiger charge is 2.25. The molecule has 1 atom stereocenters. The molecule has 0 saturated heterocycles. The number of benzene rings is 1. The molecular formula is C14H20N2O2S. The van der Waals surface area contributed by atoms with Gasteiger partial charge in [0.15, 0.2) is 0 Å². The maximum Gasteiger partial charge on any atom is 0.218 e. The first-order chi connectivity index (χ1) is 9.11. The minimum Gasteiger partial charge on any atom is -0.214 e.